The monoisotopic (exact) mass is 348 g/mol. The molecule has 140 valence electrons. The third-order valence-electron chi connectivity index (χ3n) is 4.52. The van der Waals surface area contributed by atoms with Crippen molar-refractivity contribution in [1.29, 1.82) is 0 Å². The first-order chi connectivity index (χ1) is 11.9. The lowest BCUT2D eigenvalue weighted by Crippen LogP contribution is -2.04. The molecule has 0 saturated carbocycles. The van der Waals surface area contributed by atoms with Crippen molar-refractivity contribution in [3.8, 4) is 0 Å². The molecule has 0 heterocycles. The van der Waals surface area contributed by atoms with Crippen LogP contribution in [-0.2, 0) is 28.9 Å². The molecule has 0 saturated heterocycles. The summed E-state index contributed by atoms with van der Waals surface area (Å²) < 4.78 is 0. The summed E-state index contributed by atoms with van der Waals surface area (Å²) in [5.41, 5.74) is 4.05. The Balaban J connectivity index is 2.75. The predicted octanol–water partition coefficient (Wildman–Crippen LogP) is 4.87. The molecule has 1 aromatic rings. The molecular formula is C21H32O4. The van der Waals surface area contributed by atoms with E-state index in [2.05, 4.69) is 32.0 Å². The number of hydrogen-bond acceptors (Lipinski definition) is 2. The smallest absolute Gasteiger partial charge is 0.303 e. The van der Waals surface area contributed by atoms with Gasteiger partial charge in [0.25, 0.3) is 0 Å². The molecule has 2 N–H and O–H groups in total. The van der Waals surface area contributed by atoms with Crippen molar-refractivity contribution in [3.05, 3.63) is 34.9 Å². The Morgan fingerprint density at radius 2 is 1.36 bits per heavy atom. The molecule has 0 radical (unpaired) electrons. The van der Waals surface area contributed by atoms with Gasteiger partial charge in [0.1, 0.15) is 0 Å². The fraction of sp³-hybridized carbons (Fsp3) is 0.619. The fourth-order valence-electron chi connectivity index (χ4n) is 3.09. The number of unbranched alkanes of at least 4 members (excludes halogenated alkanes) is 2. The SMILES string of the molecule is CC(C)CCc1cccc(CCCCC(=O)O)c1CCCCC(=O)O. The van der Waals surface area contributed by atoms with Gasteiger partial charge < -0.3 is 10.2 Å². The molecule has 0 aliphatic carbocycles. The summed E-state index contributed by atoms with van der Waals surface area (Å²) in [5.74, 6) is -0.819. The Labute approximate surface area is 151 Å². The molecule has 0 aromatic heterocycles. The van der Waals surface area contributed by atoms with E-state index in [9.17, 15) is 9.59 Å². The lowest BCUT2D eigenvalue weighted by atomic mass is 9.89. The summed E-state index contributed by atoms with van der Waals surface area (Å²) in [7, 11) is 0. The van der Waals surface area contributed by atoms with Gasteiger partial charge in [-0.05, 0) is 74.0 Å². The number of carbonyl (C=O) groups is 2. The number of benzene rings is 1. The van der Waals surface area contributed by atoms with Gasteiger partial charge in [-0.3, -0.25) is 9.59 Å². The molecule has 0 unspecified atom stereocenters. The first-order valence-corrected chi connectivity index (χ1v) is 9.43. The predicted molar refractivity (Wildman–Crippen MR) is 100.0 cm³/mol. The van der Waals surface area contributed by atoms with Gasteiger partial charge in [0.2, 0.25) is 0 Å². The Bertz CT molecular complexity index is 549. The van der Waals surface area contributed by atoms with Crippen LogP contribution in [0.4, 0.5) is 0 Å². The van der Waals surface area contributed by atoms with Crippen LogP contribution < -0.4 is 0 Å². The largest absolute Gasteiger partial charge is 0.481 e. The molecule has 4 heteroatoms. The number of carboxylic acids is 2. The molecule has 0 atom stereocenters. The van der Waals surface area contributed by atoms with Gasteiger partial charge in [0, 0.05) is 12.8 Å². The van der Waals surface area contributed by atoms with E-state index in [1.807, 2.05) is 0 Å². The maximum Gasteiger partial charge on any atom is 0.303 e. The van der Waals surface area contributed by atoms with Crippen molar-refractivity contribution in [1.82, 2.24) is 0 Å². The van der Waals surface area contributed by atoms with E-state index in [0.717, 1.165) is 38.5 Å². The third kappa shape index (κ3) is 9.28. The Morgan fingerprint density at radius 3 is 1.88 bits per heavy atom. The van der Waals surface area contributed by atoms with Gasteiger partial charge in [0.05, 0.1) is 0 Å². The van der Waals surface area contributed by atoms with E-state index in [1.165, 1.54) is 16.7 Å². The summed E-state index contributed by atoms with van der Waals surface area (Å²) in [6.07, 6.45) is 7.61. The fourth-order valence-corrected chi connectivity index (χ4v) is 3.09. The van der Waals surface area contributed by atoms with Gasteiger partial charge in [-0.2, -0.15) is 0 Å². The van der Waals surface area contributed by atoms with Gasteiger partial charge >= 0.3 is 11.9 Å². The van der Waals surface area contributed by atoms with Crippen LogP contribution in [-0.4, -0.2) is 22.2 Å². The minimum Gasteiger partial charge on any atom is -0.481 e. The Morgan fingerprint density at radius 1 is 0.840 bits per heavy atom. The molecule has 0 fully saturated rings. The summed E-state index contributed by atoms with van der Waals surface area (Å²) in [5, 5.41) is 17.6. The highest BCUT2D eigenvalue weighted by molar-refractivity contribution is 5.66. The van der Waals surface area contributed by atoms with Crippen molar-refractivity contribution >= 4 is 11.9 Å². The van der Waals surface area contributed by atoms with E-state index in [0.29, 0.717) is 18.8 Å². The van der Waals surface area contributed by atoms with E-state index < -0.39 is 11.9 Å². The van der Waals surface area contributed by atoms with Crippen LogP contribution in [0.1, 0.15) is 75.5 Å². The zero-order valence-electron chi connectivity index (χ0n) is 15.6. The molecule has 1 aromatic carbocycles. The van der Waals surface area contributed by atoms with Gasteiger partial charge in [-0.25, -0.2) is 0 Å². The van der Waals surface area contributed by atoms with Crippen molar-refractivity contribution in [2.24, 2.45) is 5.92 Å². The zero-order valence-corrected chi connectivity index (χ0v) is 15.6. The quantitative estimate of drug-likeness (QED) is 0.499. The molecule has 0 spiro atoms. The number of hydrogen-bond donors (Lipinski definition) is 2. The van der Waals surface area contributed by atoms with Crippen LogP contribution in [0, 0.1) is 5.92 Å². The normalized spacial score (nSPS) is 11.0. The second kappa shape index (κ2) is 11.7. The van der Waals surface area contributed by atoms with Crippen LogP contribution in [0.3, 0.4) is 0 Å². The maximum absolute atomic E-state index is 10.7. The third-order valence-corrected chi connectivity index (χ3v) is 4.52. The molecule has 25 heavy (non-hydrogen) atoms. The lowest BCUT2D eigenvalue weighted by Gasteiger charge is -2.16. The van der Waals surface area contributed by atoms with Crippen LogP contribution in [0.2, 0.25) is 0 Å². The molecule has 0 amide bonds. The minimum absolute atomic E-state index is 0.223. The number of rotatable bonds is 13. The molecule has 0 aliphatic heterocycles. The summed E-state index contributed by atoms with van der Waals surface area (Å²) >= 11 is 0. The second-order valence-electron chi connectivity index (χ2n) is 7.19. The standard InChI is InChI=1S/C21H32O4/c1-16(2)14-15-18-10-7-9-17(8-3-5-12-20(22)23)19(18)11-4-6-13-21(24)25/h7,9-10,16H,3-6,8,11-15H2,1-2H3,(H,22,23)(H,24,25). The molecular weight excluding hydrogens is 316 g/mol. The highest BCUT2D eigenvalue weighted by Crippen LogP contribution is 2.23. The van der Waals surface area contributed by atoms with E-state index in [1.54, 1.807) is 0 Å². The van der Waals surface area contributed by atoms with E-state index in [-0.39, 0.29) is 12.8 Å². The average molecular weight is 348 g/mol. The molecule has 0 aliphatic rings. The summed E-state index contributed by atoms with van der Waals surface area (Å²) in [6, 6.07) is 6.44. The molecule has 4 nitrogen and oxygen atoms in total. The first-order valence-electron chi connectivity index (χ1n) is 9.43. The van der Waals surface area contributed by atoms with Crippen LogP contribution >= 0.6 is 0 Å². The van der Waals surface area contributed by atoms with Gasteiger partial charge in [-0.15, -0.1) is 0 Å². The Kier molecular flexibility index (Phi) is 9.90. The minimum atomic E-state index is -0.737. The second-order valence-corrected chi connectivity index (χ2v) is 7.19. The molecule has 1 rings (SSSR count). The van der Waals surface area contributed by atoms with Crippen molar-refractivity contribution in [2.75, 3.05) is 0 Å². The number of carboxylic acid groups (broad SMARTS) is 2. The van der Waals surface area contributed by atoms with Crippen molar-refractivity contribution in [2.45, 2.75) is 78.1 Å². The summed E-state index contributed by atoms with van der Waals surface area (Å²) in [4.78, 5) is 21.4. The molecule has 0 bridgehead atoms. The average Bonchev–Trinajstić information content (AvgIpc) is 2.54. The van der Waals surface area contributed by atoms with E-state index >= 15 is 0 Å². The lowest BCUT2D eigenvalue weighted by molar-refractivity contribution is -0.138. The van der Waals surface area contributed by atoms with Gasteiger partial charge in [-0.1, -0.05) is 32.0 Å². The summed E-state index contributed by atoms with van der Waals surface area (Å²) in [6.45, 7) is 4.45. The van der Waals surface area contributed by atoms with Gasteiger partial charge in [0.15, 0.2) is 0 Å². The maximum atomic E-state index is 10.7. The highest BCUT2D eigenvalue weighted by atomic mass is 16.4. The Hall–Kier alpha value is -1.84. The van der Waals surface area contributed by atoms with Crippen molar-refractivity contribution in [3.63, 3.8) is 0 Å². The van der Waals surface area contributed by atoms with Crippen LogP contribution in [0.25, 0.3) is 0 Å². The number of aryl methyl sites for hydroxylation is 2. The topological polar surface area (TPSA) is 74.6 Å². The van der Waals surface area contributed by atoms with E-state index in [4.69, 9.17) is 10.2 Å². The highest BCUT2D eigenvalue weighted by Gasteiger charge is 2.10. The zero-order chi connectivity index (χ0) is 18.7. The first kappa shape index (κ1) is 21.2. The van der Waals surface area contributed by atoms with Crippen LogP contribution in [0.5, 0.6) is 0 Å². The van der Waals surface area contributed by atoms with Crippen molar-refractivity contribution < 1.29 is 19.8 Å². The number of aliphatic carboxylic acids is 2. The van der Waals surface area contributed by atoms with Crippen LogP contribution in [0.15, 0.2) is 18.2 Å².